The van der Waals surface area contributed by atoms with Crippen molar-refractivity contribution in [3.8, 4) is 0 Å². The SMILES string of the molecule is C.C.CCCCC(CC)COP(=O)(OCC(CC)CCCC)O[Si](C)(C)C.C[Si](C)(C)OP(=O)(O[Si](C)(C)C)O[Si](C)(C)C. The third-order valence-electron chi connectivity index (χ3n) is 5.57. The van der Waals surface area contributed by atoms with Gasteiger partial charge in [0.2, 0.25) is 0 Å². The second kappa shape index (κ2) is 23.4. The van der Waals surface area contributed by atoms with Crippen molar-refractivity contribution >= 4 is 48.9 Å². The Hall–Kier alpha value is 1.09. The van der Waals surface area contributed by atoms with Gasteiger partial charge in [0, 0.05) is 0 Å². The maximum atomic E-state index is 13.2. The summed E-state index contributed by atoms with van der Waals surface area (Å²) >= 11 is 0. The molecule has 0 saturated heterocycles. The molecule has 0 rings (SSSR count). The van der Waals surface area contributed by atoms with Gasteiger partial charge in [-0.2, -0.15) is 0 Å². The van der Waals surface area contributed by atoms with E-state index in [-0.39, 0.29) is 14.9 Å². The first-order valence-electron chi connectivity index (χ1n) is 16.1. The fraction of sp³-hybridized carbons (Fsp3) is 1.00. The van der Waals surface area contributed by atoms with Crippen LogP contribution in [0.25, 0.3) is 0 Å². The van der Waals surface area contributed by atoms with Crippen LogP contribution in [0.3, 0.4) is 0 Å². The zero-order valence-electron chi connectivity index (χ0n) is 30.4. The van der Waals surface area contributed by atoms with Gasteiger partial charge in [0.15, 0.2) is 33.3 Å². The average molecular weight is 741 g/mol. The number of phosphoric acid groups is 2. The van der Waals surface area contributed by atoms with Crippen molar-refractivity contribution in [3.63, 3.8) is 0 Å². The van der Waals surface area contributed by atoms with E-state index in [2.05, 4.69) is 27.7 Å². The van der Waals surface area contributed by atoms with Crippen LogP contribution in [-0.2, 0) is 35.0 Å². The fourth-order valence-electron chi connectivity index (χ4n) is 3.68. The summed E-state index contributed by atoms with van der Waals surface area (Å²) in [5.74, 6) is 0.841. The largest absolute Gasteiger partial charge is 0.464 e. The minimum absolute atomic E-state index is 0. The predicted octanol–water partition coefficient (Wildman–Crippen LogP) is 13.3. The summed E-state index contributed by atoms with van der Waals surface area (Å²) in [6.45, 7) is 33.6. The van der Waals surface area contributed by atoms with E-state index in [0.717, 1.165) is 25.7 Å². The molecule has 0 aliphatic heterocycles. The Morgan fingerprint density at radius 2 is 0.727 bits per heavy atom. The van der Waals surface area contributed by atoms with Gasteiger partial charge in [-0.25, -0.2) is 9.13 Å². The van der Waals surface area contributed by atoms with E-state index in [1.54, 1.807) is 0 Å². The summed E-state index contributed by atoms with van der Waals surface area (Å²) in [5.41, 5.74) is 0. The number of unbranched alkanes of at least 4 members (excludes halogenated alkanes) is 2. The lowest BCUT2D eigenvalue weighted by Gasteiger charge is -2.33. The number of rotatable bonds is 22. The summed E-state index contributed by atoms with van der Waals surface area (Å²) in [4.78, 5) is 0. The second-order valence-corrected chi connectivity index (χ2v) is 37.3. The molecule has 0 aromatic carbocycles. The normalized spacial score (nSPS) is 15.6. The van der Waals surface area contributed by atoms with E-state index >= 15 is 0 Å². The van der Waals surface area contributed by atoms with Crippen molar-refractivity contribution in [2.75, 3.05) is 13.2 Å². The molecule has 0 amide bonds. The van der Waals surface area contributed by atoms with Crippen LogP contribution in [0.15, 0.2) is 0 Å². The van der Waals surface area contributed by atoms with Crippen LogP contribution in [0.1, 0.15) is 93.9 Å². The van der Waals surface area contributed by atoms with Crippen molar-refractivity contribution < 1.29 is 35.0 Å². The predicted molar refractivity (Wildman–Crippen MR) is 205 cm³/mol. The van der Waals surface area contributed by atoms with Crippen molar-refractivity contribution in [1.82, 2.24) is 0 Å². The highest BCUT2D eigenvalue weighted by atomic mass is 31.2. The summed E-state index contributed by atoms with van der Waals surface area (Å²) in [6, 6.07) is 0. The minimum Gasteiger partial charge on any atom is -0.331 e. The van der Waals surface area contributed by atoms with Crippen molar-refractivity contribution in [3.05, 3.63) is 0 Å². The van der Waals surface area contributed by atoms with Crippen molar-refractivity contribution in [2.45, 2.75) is 172 Å². The lowest BCUT2D eigenvalue weighted by atomic mass is 10.0. The highest BCUT2D eigenvalue weighted by Gasteiger charge is 2.41. The highest BCUT2D eigenvalue weighted by molar-refractivity contribution is 7.53. The smallest absolute Gasteiger partial charge is 0.331 e. The van der Waals surface area contributed by atoms with Gasteiger partial charge in [0.25, 0.3) is 0 Å². The third-order valence-corrected chi connectivity index (χ3v) is 18.8. The molecule has 0 aromatic heterocycles. The van der Waals surface area contributed by atoms with Gasteiger partial charge in [-0.1, -0.05) is 81.1 Å². The van der Waals surface area contributed by atoms with Crippen LogP contribution in [0.4, 0.5) is 0 Å². The number of phosphoric ester groups is 1. The lowest BCUT2D eigenvalue weighted by molar-refractivity contribution is 0.114. The standard InChI is InChI=1S/C19H43O4PSi.C9H27O4PSi3.2CH4/c1-8-12-14-18(10-3)16-21-24(20,23-25(5,6)7)22-17-19(11-4)15-13-9-2;1-15(2,3)11-14(10,12-16(4,5)6)13-17(7,8)9;;/h18-19H,8-17H2,1-7H3;1-9H3;2*1H4. The Bertz CT molecular complexity index is 735. The molecule has 0 aliphatic carbocycles. The molecule has 8 nitrogen and oxygen atoms in total. The zero-order valence-corrected chi connectivity index (χ0v) is 36.2. The van der Waals surface area contributed by atoms with Crippen LogP contribution in [0.2, 0.25) is 78.6 Å². The maximum absolute atomic E-state index is 13.2. The van der Waals surface area contributed by atoms with Gasteiger partial charge < -0.3 is 16.9 Å². The van der Waals surface area contributed by atoms with Crippen LogP contribution in [-0.4, -0.2) is 46.5 Å². The molecule has 0 fully saturated rings. The Kier molecular flexibility index (Phi) is 27.7. The minimum atomic E-state index is -3.48. The Morgan fingerprint density at radius 3 is 0.932 bits per heavy atom. The molecular formula is C30H78O8P2Si4. The molecule has 0 radical (unpaired) electrons. The molecule has 0 bridgehead atoms. The Morgan fingerprint density at radius 1 is 0.477 bits per heavy atom. The van der Waals surface area contributed by atoms with Gasteiger partial charge in [-0.15, -0.1) is 0 Å². The third kappa shape index (κ3) is 31.7. The fourth-order valence-corrected chi connectivity index (χ4v) is 17.1. The molecule has 0 aromatic rings. The molecule has 14 heteroatoms. The first kappa shape index (κ1) is 51.9. The summed E-state index contributed by atoms with van der Waals surface area (Å²) in [5, 5.41) is 0. The molecule has 2 unspecified atom stereocenters. The first-order valence-corrected chi connectivity index (χ1v) is 32.7. The molecule has 0 N–H and O–H groups in total. The average Bonchev–Trinajstić information content (AvgIpc) is 2.74. The first-order chi connectivity index (χ1) is 18.8. The molecule has 272 valence electrons. The molecule has 0 aliphatic rings. The molecular weight excluding hydrogens is 663 g/mol. The van der Waals surface area contributed by atoms with E-state index in [0.29, 0.717) is 25.0 Å². The lowest BCUT2D eigenvalue weighted by Crippen LogP contribution is -2.34. The van der Waals surface area contributed by atoms with E-state index in [9.17, 15) is 9.13 Å². The molecule has 0 spiro atoms. The number of hydrogen-bond acceptors (Lipinski definition) is 8. The van der Waals surface area contributed by atoms with E-state index < -0.39 is 48.9 Å². The van der Waals surface area contributed by atoms with Crippen molar-refractivity contribution in [1.29, 1.82) is 0 Å². The van der Waals surface area contributed by atoms with E-state index in [4.69, 9.17) is 25.9 Å². The van der Waals surface area contributed by atoms with Gasteiger partial charge in [-0.3, -0.25) is 9.05 Å². The van der Waals surface area contributed by atoms with E-state index in [1.165, 1.54) is 25.7 Å². The van der Waals surface area contributed by atoms with Crippen LogP contribution >= 0.6 is 15.6 Å². The molecule has 2 atom stereocenters. The van der Waals surface area contributed by atoms with E-state index in [1.807, 2.05) is 78.6 Å². The summed E-state index contributed by atoms with van der Waals surface area (Å²) in [7, 11) is -14.8. The molecule has 44 heavy (non-hydrogen) atoms. The van der Waals surface area contributed by atoms with Gasteiger partial charge in [0.1, 0.15) is 0 Å². The van der Waals surface area contributed by atoms with Crippen LogP contribution < -0.4 is 0 Å². The highest BCUT2D eigenvalue weighted by Crippen LogP contribution is 2.56. The monoisotopic (exact) mass is 740 g/mol. The quantitative estimate of drug-likeness (QED) is 0.0800. The topological polar surface area (TPSA) is 89.5 Å². The van der Waals surface area contributed by atoms with Crippen LogP contribution in [0.5, 0.6) is 0 Å². The Labute approximate surface area is 280 Å². The van der Waals surface area contributed by atoms with Crippen LogP contribution in [0, 0.1) is 11.8 Å². The summed E-state index contributed by atoms with van der Waals surface area (Å²) < 4.78 is 60.4. The van der Waals surface area contributed by atoms with Gasteiger partial charge in [-0.05, 0) is 103 Å². The van der Waals surface area contributed by atoms with Gasteiger partial charge in [0.05, 0.1) is 13.2 Å². The molecule has 0 heterocycles. The maximum Gasteiger partial charge on any atom is 0.464 e. The van der Waals surface area contributed by atoms with Crippen molar-refractivity contribution in [2.24, 2.45) is 11.8 Å². The van der Waals surface area contributed by atoms with Gasteiger partial charge >= 0.3 is 15.6 Å². The Balaban J connectivity index is -0.000000371. The molecule has 0 saturated carbocycles. The number of hydrogen-bond donors (Lipinski definition) is 0. The zero-order chi connectivity index (χ0) is 33.5. The summed E-state index contributed by atoms with van der Waals surface area (Å²) in [6.07, 6.45) is 8.97. The second-order valence-electron chi connectivity index (χ2n) is 15.1.